The van der Waals surface area contributed by atoms with E-state index in [1.54, 1.807) is 47.5 Å². The highest BCUT2D eigenvalue weighted by Crippen LogP contribution is 2.20. The molecule has 24 heavy (non-hydrogen) atoms. The van der Waals surface area contributed by atoms with Gasteiger partial charge < -0.3 is 9.64 Å². The maximum absolute atomic E-state index is 12.6. The summed E-state index contributed by atoms with van der Waals surface area (Å²) in [5.41, 5.74) is 1.08. The Kier molecular flexibility index (Phi) is 4.97. The first kappa shape index (κ1) is 16.3. The summed E-state index contributed by atoms with van der Waals surface area (Å²) in [6, 6.07) is 12.2. The Bertz CT molecular complexity index is 788. The summed E-state index contributed by atoms with van der Waals surface area (Å²) in [6.07, 6.45) is 3.11. The summed E-state index contributed by atoms with van der Waals surface area (Å²) < 4.78 is 5.86. The van der Waals surface area contributed by atoms with E-state index in [4.69, 9.17) is 21.6 Å². The van der Waals surface area contributed by atoms with Crippen molar-refractivity contribution in [3.8, 4) is 11.9 Å². The number of hydrogen-bond acceptors (Lipinski definition) is 4. The highest BCUT2D eigenvalue weighted by atomic mass is 35.5. The molecule has 122 valence electrons. The first-order valence-corrected chi connectivity index (χ1v) is 8.11. The van der Waals surface area contributed by atoms with Crippen LogP contribution in [-0.4, -0.2) is 35.0 Å². The Morgan fingerprint density at radius 3 is 3.04 bits per heavy atom. The molecule has 1 aliphatic heterocycles. The van der Waals surface area contributed by atoms with E-state index in [9.17, 15) is 4.79 Å². The molecule has 6 heteroatoms. The van der Waals surface area contributed by atoms with Gasteiger partial charge in [-0.1, -0.05) is 17.7 Å². The zero-order chi connectivity index (χ0) is 16.9. The Hall–Kier alpha value is -2.58. The Morgan fingerprint density at radius 1 is 1.38 bits per heavy atom. The van der Waals surface area contributed by atoms with Gasteiger partial charge in [0, 0.05) is 29.4 Å². The van der Waals surface area contributed by atoms with Crippen molar-refractivity contribution in [2.45, 2.75) is 18.9 Å². The lowest BCUT2D eigenvalue weighted by molar-refractivity contribution is 0.0527. The van der Waals surface area contributed by atoms with Gasteiger partial charge in [0.2, 0.25) is 5.88 Å². The summed E-state index contributed by atoms with van der Waals surface area (Å²) in [5, 5.41) is 9.48. The number of nitriles is 1. The van der Waals surface area contributed by atoms with Crippen molar-refractivity contribution >= 4 is 17.5 Å². The molecular formula is C18H16ClN3O2. The summed E-state index contributed by atoms with van der Waals surface area (Å²) in [4.78, 5) is 18.5. The van der Waals surface area contributed by atoms with Crippen molar-refractivity contribution in [3.05, 3.63) is 58.7 Å². The van der Waals surface area contributed by atoms with Crippen LogP contribution < -0.4 is 4.74 Å². The number of carbonyl (C=O) groups excluding carboxylic acids is 1. The minimum absolute atomic E-state index is 0.0514. The van der Waals surface area contributed by atoms with Crippen LogP contribution in [0.3, 0.4) is 0 Å². The van der Waals surface area contributed by atoms with Crippen molar-refractivity contribution in [2.24, 2.45) is 0 Å². The van der Waals surface area contributed by atoms with Crippen molar-refractivity contribution in [1.29, 1.82) is 5.26 Å². The van der Waals surface area contributed by atoms with Crippen molar-refractivity contribution < 1.29 is 9.53 Å². The van der Waals surface area contributed by atoms with Crippen LogP contribution in [0.1, 0.15) is 28.8 Å². The lowest BCUT2D eigenvalue weighted by Gasteiger charge is -2.32. The van der Waals surface area contributed by atoms with Crippen LogP contribution in [0.2, 0.25) is 5.02 Å². The van der Waals surface area contributed by atoms with Gasteiger partial charge in [-0.05, 0) is 37.1 Å². The summed E-state index contributed by atoms with van der Waals surface area (Å²) in [6.45, 7) is 1.18. The summed E-state index contributed by atoms with van der Waals surface area (Å²) in [5.74, 6) is 0.362. The number of aromatic nitrogens is 1. The number of amides is 1. The molecule has 5 nitrogen and oxygen atoms in total. The van der Waals surface area contributed by atoms with Gasteiger partial charge in [-0.3, -0.25) is 4.79 Å². The number of pyridine rings is 1. The van der Waals surface area contributed by atoms with Crippen LogP contribution >= 0.6 is 11.6 Å². The molecule has 1 aliphatic rings. The zero-order valence-corrected chi connectivity index (χ0v) is 13.7. The molecule has 0 aliphatic carbocycles. The smallest absolute Gasteiger partial charge is 0.254 e. The zero-order valence-electron chi connectivity index (χ0n) is 13.0. The van der Waals surface area contributed by atoms with Crippen LogP contribution in [0.15, 0.2) is 42.6 Å². The maximum Gasteiger partial charge on any atom is 0.254 e. The van der Waals surface area contributed by atoms with Gasteiger partial charge in [0.05, 0.1) is 18.2 Å². The van der Waals surface area contributed by atoms with Crippen LogP contribution in [0.4, 0.5) is 0 Å². The first-order valence-electron chi connectivity index (χ1n) is 7.73. The van der Waals surface area contributed by atoms with E-state index in [0.29, 0.717) is 35.1 Å². The second-order valence-electron chi connectivity index (χ2n) is 5.64. The topological polar surface area (TPSA) is 66.2 Å². The molecule has 3 rings (SSSR count). The lowest BCUT2D eigenvalue weighted by Crippen LogP contribution is -2.44. The molecule has 1 amide bonds. The van der Waals surface area contributed by atoms with E-state index in [1.807, 2.05) is 0 Å². The molecule has 0 unspecified atom stereocenters. The van der Waals surface area contributed by atoms with Crippen molar-refractivity contribution in [1.82, 2.24) is 9.88 Å². The van der Waals surface area contributed by atoms with Crippen molar-refractivity contribution in [2.75, 3.05) is 13.1 Å². The second-order valence-corrected chi connectivity index (χ2v) is 6.07. The number of rotatable bonds is 3. The molecule has 0 bridgehead atoms. The number of ether oxygens (including phenoxy) is 1. The fourth-order valence-electron chi connectivity index (χ4n) is 2.74. The third kappa shape index (κ3) is 3.84. The molecular weight excluding hydrogens is 326 g/mol. The SMILES string of the molecule is N#Cc1ccnc(O[C@H]2CCCN(C(=O)c3cccc(Cl)c3)C2)c1. The number of carbonyl (C=O) groups is 1. The average Bonchev–Trinajstić information content (AvgIpc) is 2.61. The number of hydrogen-bond donors (Lipinski definition) is 0. The normalized spacial score (nSPS) is 17.2. The van der Waals surface area contributed by atoms with Gasteiger partial charge in [-0.2, -0.15) is 5.26 Å². The molecule has 0 radical (unpaired) electrons. The van der Waals surface area contributed by atoms with Gasteiger partial charge >= 0.3 is 0 Å². The third-order valence-electron chi connectivity index (χ3n) is 3.89. The minimum Gasteiger partial charge on any atom is -0.472 e. The second kappa shape index (κ2) is 7.33. The van der Waals surface area contributed by atoms with E-state index in [2.05, 4.69) is 11.1 Å². The summed E-state index contributed by atoms with van der Waals surface area (Å²) >= 11 is 5.96. The Balaban J connectivity index is 1.68. The van der Waals surface area contributed by atoms with Crippen LogP contribution in [0.5, 0.6) is 5.88 Å². The van der Waals surface area contributed by atoms with Crippen molar-refractivity contribution in [3.63, 3.8) is 0 Å². The number of nitrogens with zero attached hydrogens (tertiary/aromatic N) is 3. The Labute approximate surface area is 145 Å². The molecule has 0 spiro atoms. The predicted octanol–water partition coefficient (Wildman–Crippen LogP) is 3.29. The molecule has 1 fully saturated rings. The highest BCUT2D eigenvalue weighted by Gasteiger charge is 2.26. The van der Waals surface area contributed by atoms with Crippen LogP contribution in [0, 0.1) is 11.3 Å². The highest BCUT2D eigenvalue weighted by molar-refractivity contribution is 6.30. The maximum atomic E-state index is 12.6. The van der Waals surface area contributed by atoms with E-state index in [-0.39, 0.29) is 12.0 Å². The van der Waals surface area contributed by atoms with Gasteiger partial charge in [-0.25, -0.2) is 4.98 Å². The fourth-order valence-corrected chi connectivity index (χ4v) is 2.93. The largest absolute Gasteiger partial charge is 0.472 e. The lowest BCUT2D eigenvalue weighted by atomic mass is 10.1. The monoisotopic (exact) mass is 341 g/mol. The van der Waals surface area contributed by atoms with Gasteiger partial charge in [0.15, 0.2) is 0 Å². The standard InChI is InChI=1S/C18H16ClN3O2/c19-15-4-1-3-14(10-15)18(23)22-8-2-5-16(12-22)24-17-9-13(11-20)6-7-21-17/h1,3-4,6-7,9-10,16H,2,5,8,12H2/t16-/m0/s1. The van der Waals surface area contributed by atoms with E-state index < -0.39 is 0 Å². The molecule has 1 saturated heterocycles. The quantitative estimate of drug-likeness (QED) is 0.859. The summed E-state index contributed by atoms with van der Waals surface area (Å²) in [7, 11) is 0. The van der Waals surface area contributed by atoms with E-state index in [0.717, 1.165) is 12.8 Å². The molecule has 1 atom stereocenters. The molecule has 2 heterocycles. The average molecular weight is 342 g/mol. The molecule has 1 aromatic carbocycles. The minimum atomic E-state index is -0.136. The first-order chi connectivity index (χ1) is 11.7. The van der Waals surface area contributed by atoms with Gasteiger partial charge in [0.25, 0.3) is 5.91 Å². The van der Waals surface area contributed by atoms with Crippen LogP contribution in [0.25, 0.3) is 0 Å². The predicted molar refractivity (Wildman–Crippen MR) is 90.0 cm³/mol. The number of likely N-dealkylation sites (tertiary alicyclic amines) is 1. The molecule has 1 aromatic heterocycles. The Morgan fingerprint density at radius 2 is 2.25 bits per heavy atom. The molecule has 2 aromatic rings. The molecule has 0 saturated carbocycles. The molecule has 0 N–H and O–H groups in total. The third-order valence-corrected chi connectivity index (χ3v) is 4.12. The fraction of sp³-hybridized carbons (Fsp3) is 0.278. The van der Waals surface area contributed by atoms with Gasteiger partial charge in [-0.15, -0.1) is 0 Å². The van der Waals surface area contributed by atoms with Crippen LogP contribution in [-0.2, 0) is 0 Å². The number of piperidine rings is 1. The number of halogens is 1. The number of benzene rings is 1. The van der Waals surface area contributed by atoms with E-state index >= 15 is 0 Å². The van der Waals surface area contributed by atoms with E-state index in [1.165, 1.54) is 0 Å². The van der Waals surface area contributed by atoms with Gasteiger partial charge in [0.1, 0.15) is 6.10 Å².